The Hall–Kier alpha value is -2.63. The first kappa shape index (κ1) is 11.8. The molecule has 0 radical (unpaired) electrons. The van der Waals surface area contributed by atoms with E-state index in [1.807, 2.05) is 0 Å². The van der Waals surface area contributed by atoms with E-state index in [0.717, 1.165) is 5.56 Å². The standard InChI is InChI=1S/C12H11N3O3/c13-10(16)3-1-2-7-4-5-9-8(6-7)11(17)15-12(18)14-9/h1-2,4-6H,3H2,(H2,13,16)(H2,14,15,17,18). The average molecular weight is 245 g/mol. The minimum absolute atomic E-state index is 0.139. The van der Waals surface area contributed by atoms with Gasteiger partial charge in [-0.2, -0.15) is 0 Å². The molecule has 0 fully saturated rings. The van der Waals surface area contributed by atoms with E-state index < -0.39 is 17.2 Å². The molecule has 0 aliphatic rings. The first-order chi connectivity index (χ1) is 8.56. The monoisotopic (exact) mass is 245 g/mol. The minimum Gasteiger partial charge on any atom is -0.369 e. The normalized spacial score (nSPS) is 11.1. The third kappa shape index (κ3) is 2.54. The molecule has 0 saturated carbocycles. The summed E-state index contributed by atoms with van der Waals surface area (Å²) in [6.45, 7) is 0. The maximum Gasteiger partial charge on any atom is 0.326 e. The molecule has 4 N–H and O–H groups in total. The number of amides is 1. The summed E-state index contributed by atoms with van der Waals surface area (Å²) in [4.78, 5) is 37.9. The van der Waals surface area contributed by atoms with Crippen LogP contribution in [0.1, 0.15) is 12.0 Å². The second-order valence-corrected chi connectivity index (χ2v) is 3.79. The summed E-state index contributed by atoms with van der Waals surface area (Å²) in [5, 5.41) is 0.385. The van der Waals surface area contributed by atoms with Gasteiger partial charge in [0.1, 0.15) is 0 Å². The van der Waals surface area contributed by atoms with Gasteiger partial charge in [0, 0.05) is 6.42 Å². The van der Waals surface area contributed by atoms with Crippen molar-refractivity contribution < 1.29 is 4.79 Å². The van der Waals surface area contributed by atoms with Crippen LogP contribution in [-0.4, -0.2) is 15.9 Å². The first-order valence-corrected chi connectivity index (χ1v) is 5.27. The van der Waals surface area contributed by atoms with E-state index in [1.54, 1.807) is 30.4 Å². The lowest BCUT2D eigenvalue weighted by Gasteiger charge is -1.98. The molecule has 18 heavy (non-hydrogen) atoms. The summed E-state index contributed by atoms with van der Waals surface area (Å²) in [5.74, 6) is -0.422. The Morgan fingerprint density at radius 3 is 2.78 bits per heavy atom. The van der Waals surface area contributed by atoms with Gasteiger partial charge in [-0.05, 0) is 17.7 Å². The number of benzene rings is 1. The van der Waals surface area contributed by atoms with Crippen LogP contribution in [0, 0.1) is 0 Å². The number of hydrogen-bond acceptors (Lipinski definition) is 3. The highest BCUT2D eigenvalue weighted by Crippen LogP contribution is 2.10. The van der Waals surface area contributed by atoms with Crippen molar-refractivity contribution in [2.45, 2.75) is 6.42 Å². The minimum atomic E-state index is -0.537. The average Bonchev–Trinajstić information content (AvgIpc) is 2.29. The highest BCUT2D eigenvalue weighted by molar-refractivity contribution is 5.81. The van der Waals surface area contributed by atoms with Crippen molar-refractivity contribution in [1.29, 1.82) is 0 Å². The number of aromatic nitrogens is 2. The van der Waals surface area contributed by atoms with Gasteiger partial charge in [-0.15, -0.1) is 0 Å². The van der Waals surface area contributed by atoms with Crippen molar-refractivity contribution in [2.24, 2.45) is 5.73 Å². The topological polar surface area (TPSA) is 109 Å². The van der Waals surface area contributed by atoms with E-state index in [1.165, 1.54) is 0 Å². The quantitative estimate of drug-likeness (QED) is 0.713. The number of nitrogens with two attached hydrogens (primary N) is 1. The third-order valence-corrected chi connectivity index (χ3v) is 2.39. The molecular formula is C12H11N3O3. The van der Waals surface area contributed by atoms with Gasteiger partial charge in [0.05, 0.1) is 10.9 Å². The molecule has 92 valence electrons. The van der Waals surface area contributed by atoms with Gasteiger partial charge in [-0.3, -0.25) is 14.6 Å². The molecular weight excluding hydrogens is 234 g/mol. The smallest absolute Gasteiger partial charge is 0.326 e. The van der Waals surface area contributed by atoms with Crippen molar-refractivity contribution in [3.8, 4) is 0 Å². The summed E-state index contributed by atoms with van der Waals surface area (Å²) in [6, 6.07) is 4.99. The van der Waals surface area contributed by atoms with Crippen molar-refractivity contribution in [3.05, 3.63) is 50.7 Å². The Bertz CT molecular complexity index is 740. The fourth-order valence-electron chi connectivity index (χ4n) is 1.60. The zero-order valence-electron chi connectivity index (χ0n) is 9.40. The van der Waals surface area contributed by atoms with E-state index in [9.17, 15) is 14.4 Å². The second-order valence-electron chi connectivity index (χ2n) is 3.79. The van der Waals surface area contributed by atoms with E-state index in [-0.39, 0.29) is 6.42 Å². The number of hydrogen-bond donors (Lipinski definition) is 3. The van der Waals surface area contributed by atoms with Gasteiger partial charge in [-0.1, -0.05) is 18.2 Å². The molecule has 0 aliphatic carbocycles. The largest absolute Gasteiger partial charge is 0.369 e. The lowest BCUT2D eigenvalue weighted by atomic mass is 10.1. The van der Waals surface area contributed by atoms with Crippen molar-refractivity contribution >= 4 is 22.9 Å². The molecule has 0 spiro atoms. The van der Waals surface area contributed by atoms with Crippen LogP contribution >= 0.6 is 0 Å². The van der Waals surface area contributed by atoms with Crippen molar-refractivity contribution in [3.63, 3.8) is 0 Å². The van der Waals surface area contributed by atoms with E-state index in [4.69, 9.17) is 5.73 Å². The van der Waals surface area contributed by atoms with E-state index >= 15 is 0 Å². The van der Waals surface area contributed by atoms with Crippen LogP contribution in [0.2, 0.25) is 0 Å². The Morgan fingerprint density at radius 2 is 2.06 bits per heavy atom. The SMILES string of the molecule is NC(=O)CC=Cc1ccc2[nH]c(=O)[nH]c(=O)c2c1. The summed E-state index contributed by atoms with van der Waals surface area (Å²) in [6.07, 6.45) is 3.44. The molecule has 0 bridgehead atoms. The molecule has 2 rings (SSSR count). The number of carbonyl (C=O) groups is 1. The van der Waals surface area contributed by atoms with Crippen LogP contribution in [0.25, 0.3) is 17.0 Å². The van der Waals surface area contributed by atoms with Crippen LogP contribution in [0.4, 0.5) is 0 Å². The van der Waals surface area contributed by atoms with Crippen molar-refractivity contribution in [1.82, 2.24) is 9.97 Å². The molecule has 6 heteroatoms. The molecule has 1 amide bonds. The van der Waals surface area contributed by atoms with Crippen LogP contribution in [-0.2, 0) is 4.79 Å². The van der Waals surface area contributed by atoms with Gasteiger partial charge >= 0.3 is 5.69 Å². The summed E-state index contributed by atoms with van der Waals surface area (Å²) < 4.78 is 0. The van der Waals surface area contributed by atoms with Gasteiger partial charge in [-0.25, -0.2) is 4.79 Å². The molecule has 0 atom stereocenters. The molecule has 0 aliphatic heterocycles. The molecule has 1 heterocycles. The number of H-pyrrole nitrogens is 2. The summed E-state index contributed by atoms with van der Waals surface area (Å²) in [5.41, 5.74) is 5.24. The van der Waals surface area contributed by atoms with Gasteiger partial charge < -0.3 is 10.7 Å². The zero-order chi connectivity index (χ0) is 13.1. The van der Waals surface area contributed by atoms with E-state index in [0.29, 0.717) is 10.9 Å². The van der Waals surface area contributed by atoms with Gasteiger partial charge in [0.25, 0.3) is 5.56 Å². The predicted octanol–water partition coefficient (Wildman–Crippen LogP) is 0.105. The Balaban J connectivity index is 2.45. The lowest BCUT2D eigenvalue weighted by molar-refractivity contribution is -0.117. The summed E-state index contributed by atoms with van der Waals surface area (Å²) in [7, 11) is 0. The fourth-order valence-corrected chi connectivity index (χ4v) is 1.60. The predicted molar refractivity (Wildman–Crippen MR) is 68.0 cm³/mol. The molecule has 0 unspecified atom stereocenters. The molecule has 6 nitrogen and oxygen atoms in total. The molecule has 1 aromatic heterocycles. The van der Waals surface area contributed by atoms with Crippen LogP contribution in [0.5, 0.6) is 0 Å². The van der Waals surface area contributed by atoms with Gasteiger partial charge in [0.2, 0.25) is 5.91 Å². The van der Waals surface area contributed by atoms with Crippen LogP contribution < -0.4 is 17.0 Å². The van der Waals surface area contributed by atoms with Crippen LogP contribution in [0.15, 0.2) is 33.9 Å². The maximum atomic E-state index is 11.6. The lowest BCUT2D eigenvalue weighted by Crippen LogP contribution is -2.21. The van der Waals surface area contributed by atoms with Crippen molar-refractivity contribution in [2.75, 3.05) is 0 Å². The van der Waals surface area contributed by atoms with Crippen LogP contribution in [0.3, 0.4) is 0 Å². The maximum absolute atomic E-state index is 11.6. The fraction of sp³-hybridized carbons (Fsp3) is 0.0833. The number of fused-ring (bicyclic) bond motifs is 1. The Morgan fingerprint density at radius 1 is 1.28 bits per heavy atom. The third-order valence-electron chi connectivity index (χ3n) is 2.39. The second kappa shape index (κ2) is 4.70. The number of rotatable bonds is 3. The number of primary amides is 1. The number of carbonyl (C=O) groups excluding carboxylic acids is 1. The summed E-state index contributed by atoms with van der Waals surface area (Å²) >= 11 is 0. The highest BCUT2D eigenvalue weighted by atomic mass is 16.2. The molecule has 1 aromatic carbocycles. The Kier molecular flexibility index (Phi) is 3.09. The Labute approximate surface area is 101 Å². The van der Waals surface area contributed by atoms with Gasteiger partial charge in [0.15, 0.2) is 0 Å². The number of aromatic amines is 2. The number of nitrogens with one attached hydrogen (secondary N) is 2. The molecule has 0 saturated heterocycles. The molecule has 2 aromatic rings. The zero-order valence-corrected chi connectivity index (χ0v) is 9.40. The first-order valence-electron chi connectivity index (χ1n) is 5.27. The highest BCUT2D eigenvalue weighted by Gasteiger charge is 2.00. The van der Waals surface area contributed by atoms with E-state index in [2.05, 4.69) is 9.97 Å².